The van der Waals surface area contributed by atoms with Crippen molar-refractivity contribution in [2.75, 3.05) is 0 Å². The Labute approximate surface area is 93.9 Å². The molecule has 1 N–H and O–H groups in total. The molecule has 0 amide bonds. The number of carboxylic acids is 1. The van der Waals surface area contributed by atoms with Crippen LogP contribution in [0.4, 0.5) is 0 Å². The monoisotopic (exact) mass is 225 g/mol. The molecule has 0 bridgehead atoms. The van der Waals surface area contributed by atoms with Gasteiger partial charge in [0, 0.05) is 18.1 Å². The first kappa shape index (κ1) is 12.0. The lowest BCUT2D eigenvalue weighted by molar-refractivity contribution is -0.137. The van der Waals surface area contributed by atoms with Gasteiger partial charge in [-0.05, 0) is 23.6 Å². The van der Waals surface area contributed by atoms with Gasteiger partial charge in [0.05, 0.1) is 0 Å². The molecule has 0 aliphatic heterocycles. The van der Waals surface area contributed by atoms with Crippen molar-refractivity contribution >= 4 is 17.7 Å². The van der Waals surface area contributed by atoms with Gasteiger partial charge in [0.2, 0.25) is 0 Å². The number of hydrogen-bond donors (Lipinski definition) is 1. The van der Waals surface area contributed by atoms with Crippen LogP contribution in [0, 0.1) is 5.92 Å². The van der Waals surface area contributed by atoms with Crippen molar-refractivity contribution in [2.45, 2.75) is 24.9 Å². The minimum absolute atomic E-state index is 0.148. The molecule has 1 aromatic heterocycles. The first-order valence-corrected chi connectivity index (χ1v) is 5.89. The molecule has 1 atom stereocenters. The molecule has 4 heteroatoms. The minimum Gasteiger partial charge on any atom is -0.480 e. The van der Waals surface area contributed by atoms with Gasteiger partial charge in [0.15, 0.2) is 0 Å². The third-order valence-corrected chi connectivity index (χ3v) is 3.63. The summed E-state index contributed by atoms with van der Waals surface area (Å²) < 4.78 is 0. The summed E-state index contributed by atoms with van der Waals surface area (Å²) >= 11 is 1.46. The summed E-state index contributed by atoms with van der Waals surface area (Å²) in [5.41, 5.74) is 1.11. The molecule has 1 rings (SSSR count). The number of aliphatic carboxylic acids is 1. The van der Waals surface area contributed by atoms with Gasteiger partial charge in [-0.15, -0.1) is 11.8 Å². The molecular formula is C11H15NO2S. The van der Waals surface area contributed by atoms with E-state index in [1.54, 1.807) is 12.4 Å². The van der Waals surface area contributed by atoms with Gasteiger partial charge in [-0.2, -0.15) is 0 Å². The van der Waals surface area contributed by atoms with Crippen LogP contribution in [-0.2, 0) is 10.5 Å². The van der Waals surface area contributed by atoms with E-state index in [1.165, 1.54) is 11.8 Å². The average Bonchev–Trinajstić information content (AvgIpc) is 2.18. The van der Waals surface area contributed by atoms with Crippen LogP contribution >= 0.6 is 11.8 Å². The topological polar surface area (TPSA) is 50.2 Å². The molecule has 0 saturated heterocycles. The van der Waals surface area contributed by atoms with Crippen molar-refractivity contribution in [2.24, 2.45) is 5.92 Å². The van der Waals surface area contributed by atoms with E-state index in [4.69, 9.17) is 5.11 Å². The molecule has 0 fully saturated rings. The quantitative estimate of drug-likeness (QED) is 0.836. The Bertz CT molecular complexity index is 314. The fourth-order valence-electron chi connectivity index (χ4n) is 1.21. The second kappa shape index (κ2) is 5.75. The summed E-state index contributed by atoms with van der Waals surface area (Å²) in [5, 5.41) is 8.65. The number of nitrogens with zero attached hydrogens (tertiary/aromatic N) is 1. The van der Waals surface area contributed by atoms with Crippen molar-refractivity contribution < 1.29 is 9.90 Å². The minimum atomic E-state index is -0.732. The summed E-state index contributed by atoms with van der Waals surface area (Å²) in [5.74, 6) is 0.135. The predicted octanol–water partition coefficient (Wildman–Crippen LogP) is 2.42. The van der Waals surface area contributed by atoms with E-state index < -0.39 is 5.97 Å². The Balaban J connectivity index is 2.51. The number of thioether (sulfide) groups is 1. The molecule has 0 spiro atoms. The lowest BCUT2D eigenvalue weighted by Gasteiger charge is -2.15. The van der Waals surface area contributed by atoms with Crippen LogP contribution in [0.1, 0.15) is 19.4 Å². The molecule has 1 unspecified atom stereocenters. The molecule has 3 nitrogen and oxygen atoms in total. The highest BCUT2D eigenvalue weighted by Crippen LogP contribution is 2.23. The van der Waals surface area contributed by atoms with E-state index in [-0.39, 0.29) is 11.2 Å². The normalized spacial score (nSPS) is 12.7. The molecule has 0 aliphatic carbocycles. The Morgan fingerprint density at radius 3 is 2.53 bits per heavy atom. The van der Waals surface area contributed by atoms with Crippen molar-refractivity contribution in [1.29, 1.82) is 0 Å². The van der Waals surface area contributed by atoms with Gasteiger partial charge >= 0.3 is 5.97 Å². The fourth-order valence-corrected chi connectivity index (χ4v) is 2.31. The van der Waals surface area contributed by atoms with Crippen molar-refractivity contribution in [3.63, 3.8) is 0 Å². The Hall–Kier alpha value is -1.03. The maximum absolute atomic E-state index is 10.9. The third kappa shape index (κ3) is 3.91. The van der Waals surface area contributed by atoms with Crippen LogP contribution < -0.4 is 0 Å². The molecule has 0 radical (unpaired) electrons. The van der Waals surface area contributed by atoms with E-state index in [2.05, 4.69) is 4.98 Å². The highest BCUT2D eigenvalue weighted by atomic mass is 32.2. The lowest BCUT2D eigenvalue weighted by Crippen LogP contribution is -2.22. The Morgan fingerprint density at radius 2 is 2.07 bits per heavy atom. The summed E-state index contributed by atoms with van der Waals surface area (Å²) in [7, 11) is 0. The van der Waals surface area contributed by atoms with Gasteiger partial charge in [-0.3, -0.25) is 9.78 Å². The molecule has 0 aliphatic rings. The maximum atomic E-state index is 10.9. The fraction of sp³-hybridized carbons (Fsp3) is 0.455. The number of carboxylic acid groups (broad SMARTS) is 1. The zero-order valence-electron chi connectivity index (χ0n) is 8.88. The van der Waals surface area contributed by atoms with E-state index in [0.29, 0.717) is 0 Å². The first-order chi connectivity index (χ1) is 7.11. The lowest BCUT2D eigenvalue weighted by atomic mass is 10.1. The van der Waals surface area contributed by atoms with Crippen molar-refractivity contribution in [3.8, 4) is 0 Å². The van der Waals surface area contributed by atoms with Gasteiger partial charge in [0.25, 0.3) is 0 Å². The van der Waals surface area contributed by atoms with Crippen LogP contribution in [0.15, 0.2) is 24.5 Å². The van der Waals surface area contributed by atoms with Crippen LogP contribution in [-0.4, -0.2) is 21.3 Å². The molecule has 82 valence electrons. The summed E-state index contributed by atoms with van der Waals surface area (Å²) in [6.07, 6.45) is 3.45. The van der Waals surface area contributed by atoms with Crippen LogP contribution in [0.25, 0.3) is 0 Å². The second-order valence-corrected chi connectivity index (χ2v) is 4.80. The zero-order valence-corrected chi connectivity index (χ0v) is 9.70. The van der Waals surface area contributed by atoms with E-state index in [0.717, 1.165) is 11.3 Å². The first-order valence-electron chi connectivity index (χ1n) is 4.84. The van der Waals surface area contributed by atoms with E-state index >= 15 is 0 Å². The Morgan fingerprint density at radius 1 is 1.47 bits per heavy atom. The van der Waals surface area contributed by atoms with E-state index in [9.17, 15) is 4.79 Å². The van der Waals surface area contributed by atoms with E-state index in [1.807, 2.05) is 26.0 Å². The molecule has 0 aromatic carbocycles. The van der Waals surface area contributed by atoms with Gasteiger partial charge in [0.1, 0.15) is 5.25 Å². The van der Waals surface area contributed by atoms with Crippen LogP contribution in [0.5, 0.6) is 0 Å². The molecular weight excluding hydrogens is 210 g/mol. The number of hydrogen-bond acceptors (Lipinski definition) is 3. The number of aromatic nitrogens is 1. The third-order valence-electron chi connectivity index (χ3n) is 2.03. The largest absolute Gasteiger partial charge is 0.480 e. The summed E-state index contributed by atoms with van der Waals surface area (Å²) in [6.45, 7) is 3.86. The molecule has 15 heavy (non-hydrogen) atoms. The second-order valence-electron chi connectivity index (χ2n) is 3.67. The highest BCUT2D eigenvalue weighted by Gasteiger charge is 2.21. The predicted molar refractivity (Wildman–Crippen MR) is 61.8 cm³/mol. The molecule has 1 aromatic rings. The van der Waals surface area contributed by atoms with Crippen LogP contribution in [0.2, 0.25) is 0 Å². The number of rotatable bonds is 5. The summed E-state index contributed by atoms with van der Waals surface area (Å²) in [4.78, 5) is 14.8. The number of pyridine rings is 1. The molecule has 0 saturated carbocycles. The average molecular weight is 225 g/mol. The van der Waals surface area contributed by atoms with Gasteiger partial charge in [-0.25, -0.2) is 0 Å². The van der Waals surface area contributed by atoms with Crippen molar-refractivity contribution in [1.82, 2.24) is 4.98 Å². The van der Waals surface area contributed by atoms with Gasteiger partial charge in [-0.1, -0.05) is 13.8 Å². The van der Waals surface area contributed by atoms with Gasteiger partial charge < -0.3 is 5.11 Å². The smallest absolute Gasteiger partial charge is 0.316 e. The maximum Gasteiger partial charge on any atom is 0.316 e. The standard InChI is InChI=1S/C11H15NO2S/c1-8(2)10(11(13)14)15-7-9-3-5-12-6-4-9/h3-6,8,10H,7H2,1-2H3,(H,13,14). The number of carbonyl (C=O) groups is 1. The summed E-state index contributed by atoms with van der Waals surface area (Å²) in [6, 6.07) is 3.82. The van der Waals surface area contributed by atoms with Crippen molar-refractivity contribution in [3.05, 3.63) is 30.1 Å². The SMILES string of the molecule is CC(C)C(SCc1ccncc1)C(=O)O. The molecule has 1 heterocycles. The zero-order chi connectivity index (χ0) is 11.3. The highest BCUT2D eigenvalue weighted by molar-refractivity contribution is 7.99. The van der Waals surface area contributed by atoms with Crippen LogP contribution in [0.3, 0.4) is 0 Å². The Kier molecular flexibility index (Phi) is 4.62.